The highest BCUT2D eigenvalue weighted by molar-refractivity contribution is 5.96. The van der Waals surface area contributed by atoms with Crippen molar-refractivity contribution in [1.82, 2.24) is 4.90 Å². The summed E-state index contributed by atoms with van der Waals surface area (Å²) in [6, 6.07) is 12.6. The Morgan fingerprint density at radius 3 is 2.08 bits per heavy atom. The van der Waals surface area contributed by atoms with Gasteiger partial charge in [0.15, 0.2) is 0 Å². The van der Waals surface area contributed by atoms with Gasteiger partial charge in [0.1, 0.15) is 0 Å². The van der Waals surface area contributed by atoms with Crippen LogP contribution in [-0.2, 0) is 11.2 Å². The second kappa shape index (κ2) is 8.75. The van der Waals surface area contributed by atoms with Crippen LogP contribution in [0.3, 0.4) is 0 Å². The lowest BCUT2D eigenvalue weighted by molar-refractivity contribution is -0.384. The van der Waals surface area contributed by atoms with E-state index < -0.39 is 4.92 Å². The number of nitrogens with zero attached hydrogens (tertiary/aromatic N) is 2. The molecule has 2 aromatic carbocycles. The van der Waals surface area contributed by atoms with E-state index in [4.69, 9.17) is 0 Å². The predicted octanol–water partition coefficient (Wildman–Crippen LogP) is 3.26. The summed E-state index contributed by atoms with van der Waals surface area (Å²) in [7, 11) is 0. The second-order valence-corrected chi connectivity index (χ2v) is 5.70. The summed E-state index contributed by atoms with van der Waals surface area (Å²) in [5.41, 5.74) is 1.83. The van der Waals surface area contributed by atoms with E-state index in [0.29, 0.717) is 29.9 Å². The Morgan fingerprint density at radius 1 is 1.00 bits per heavy atom. The minimum Gasteiger partial charge on any atom is -0.339 e. The van der Waals surface area contributed by atoms with E-state index in [1.54, 1.807) is 41.3 Å². The zero-order valence-electron chi connectivity index (χ0n) is 14.8. The molecule has 0 aromatic heterocycles. The van der Waals surface area contributed by atoms with Crippen LogP contribution in [0.15, 0.2) is 48.5 Å². The monoisotopic (exact) mass is 355 g/mol. The summed E-state index contributed by atoms with van der Waals surface area (Å²) in [5.74, 6) is -0.277. The normalized spacial score (nSPS) is 10.2. The molecule has 7 heteroatoms. The van der Waals surface area contributed by atoms with E-state index in [9.17, 15) is 19.7 Å². The van der Waals surface area contributed by atoms with Crippen molar-refractivity contribution in [3.05, 3.63) is 69.8 Å². The van der Waals surface area contributed by atoms with Gasteiger partial charge in [-0.3, -0.25) is 19.7 Å². The fraction of sp³-hybridized carbons (Fsp3) is 0.263. The van der Waals surface area contributed by atoms with Gasteiger partial charge in [-0.05, 0) is 43.7 Å². The lowest BCUT2D eigenvalue weighted by Gasteiger charge is -2.18. The number of non-ortho nitro benzene ring substituents is 1. The van der Waals surface area contributed by atoms with Crippen molar-refractivity contribution in [1.29, 1.82) is 0 Å². The zero-order chi connectivity index (χ0) is 19.1. The molecular formula is C19H21N3O4. The number of anilines is 1. The van der Waals surface area contributed by atoms with Crippen molar-refractivity contribution >= 4 is 23.2 Å². The molecule has 2 aromatic rings. The molecule has 0 spiro atoms. The SMILES string of the molecule is CCN(CC)C(=O)c1ccc(NC(=O)Cc2ccc([N+](=O)[O-])cc2)cc1. The third-order valence-corrected chi connectivity index (χ3v) is 3.98. The van der Waals surface area contributed by atoms with Crippen LogP contribution >= 0.6 is 0 Å². The maximum atomic E-state index is 12.2. The molecule has 0 saturated carbocycles. The molecule has 26 heavy (non-hydrogen) atoms. The van der Waals surface area contributed by atoms with E-state index in [1.165, 1.54) is 12.1 Å². The molecule has 0 aliphatic heterocycles. The fourth-order valence-electron chi connectivity index (χ4n) is 2.52. The molecule has 1 N–H and O–H groups in total. The van der Waals surface area contributed by atoms with Gasteiger partial charge in [0.2, 0.25) is 5.91 Å². The highest BCUT2D eigenvalue weighted by Gasteiger charge is 2.12. The van der Waals surface area contributed by atoms with Crippen LogP contribution in [0.25, 0.3) is 0 Å². The lowest BCUT2D eigenvalue weighted by atomic mass is 10.1. The molecule has 136 valence electrons. The van der Waals surface area contributed by atoms with Crippen LogP contribution in [0.2, 0.25) is 0 Å². The third kappa shape index (κ3) is 4.89. The molecule has 0 saturated heterocycles. The molecule has 0 fully saturated rings. The number of carbonyl (C=O) groups is 2. The Bertz CT molecular complexity index is 781. The summed E-state index contributed by atoms with van der Waals surface area (Å²) >= 11 is 0. The average Bonchev–Trinajstić information content (AvgIpc) is 2.63. The number of hydrogen-bond donors (Lipinski definition) is 1. The smallest absolute Gasteiger partial charge is 0.269 e. The van der Waals surface area contributed by atoms with E-state index in [0.717, 1.165) is 0 Å². The van der Waals surface area contributed by atoms with Crippen molar-refractivity contribution in [2.24, 2.45) is 0 Å². The van der Waals surface area contributed by atoms with Gasteiger partial charge in [0, 0.05) is 36.5 Å². The van der Waals surface area contributed by atoms with E-state index in [-0.39, 0.29) is 23.9 Å². The Morgan fingerprint density at radius 2 is 1.58 bits per heavy atom. The molecule has 2 amide bonds. The maximum Gasteiger partial charge on any atom is 0.269 e. The molecule has 0 bridgehead atoms. The van der Waals surface area contributed by atoms with Crippen molar-refractivity contribution < 1.29 is 14.5 Å². The van der Waals surface area contributed by atoms with Crippen LogP contribution in [0.4, 0.5) is 11.4 Å². The first kappa shape index (κ1) is 19.1. The predicted molar refractivity (Wildman–Crippen MR) is 99.1 cm³/mol. The zero-order valence-corrected chi connectivity index (χ0v) is 14.8. The van der Waals surface area contributed by atoms with Gasteiger partial charge in [-0.15, -0.1) is 0 Å². The van der Waals surface area contributed by atoms with Crippen molar-refractivity contribution in [3.63, 3.8) is 0 Å². The van der Waals surface area contributed by atoms with Gasteiger partial charge in [-0.25, -0.2) is 0 Å². The largest absolute Gasteiger partial charge is 0.339 e. The number of rotatable bonds is 7. The van der Waals surface area contributed by atoms with Gasteiger partial charge >= 0.3 is 0 Å². The van der Waals surface area contributed by atoms with Crippen molar-refractivity contribution in [2.45, 2.75) is 20.3 Å². The number of nitro groups is 1. The first-order valence-corrected chi connectivity index (χ1v) is 8.37. The number of carbonyl (C=O) groups excluding carboxylic acids is 2. The molecule has 0 aliphatic rings. The van der Waals surface area contributed by atoms with Crippen LogP contribution in [0.5, 0.6) is 0 Å². The Hall–Kier alpha value is -3.22. The number of hydrogen-bond acceptors (Lipinski definition) is 4. The Labute approximate surface area is 151 Å². The fourth-order valence-corrected chi connectivity index (χ4v) is 2.52. The highest BCUT2D eigenvalue weighted by Crippen LogP contribution is 2.14. The van der Waals surface area contributed by atoms with Crippen LogP contribution in [0.1, 0.15) is 29.8 Å². The first-order chi connectivity index (χ1) is 12.4. The minimum absolute atomic E-state index is 0.0115. The van der Waals surface area contributed by atoms with Crippen LogP contribution < -0.4 is 5.32 Å². The molecule has 0 aliphatic carbocycles. The third-order valence-electron chi connectivity index (χ3n) is 3.98. The van der Waals surface area contributed by atoms with Gasteiger partial charge in [0.25, 0.3) is 11.6 Å². The summed E-state index contributed by atoms with van der Waals surface area (Å²) in [4.78, 5) is 36.2. The summed E-state index contributed by atoms with van der Waals surface area (Å²) < 4.78 is 0. The van der Waals surface area contributed by atoms with Crippen molar-refractivity contribution in [3.8, 4) is 0 Å². The van der Waals surface area contributed by atoms with E-state index in [2.05, 4.69) is 5.32 Å². The van der Waals surface area contributed by atoms with Crippen molar-refractivity contribution in [2.75, 3.05) is 18.4 Å². The molecule has 0 unspecified atom stereocenters. The van der Waals surface area contributed by atoms with Gasteiger partial charge in [0.05, 0.1) is 11.3 Å². The van der Waals surface area contributed by atoms with E-state index >= 15 is 0 Å². The Kier molecular flexibility index (Phi) is 6.43. The molecule has 0 radical (unpaired) electrons. The topological polar surface area (TPSA) is 92.6 Å². The molecule has 2 rings (SSSR count). The highest BCUT2D eigenvalue weighted by atomic mass is 16.6. The van der Waals surface area contributed by atoms with Crippen LogP contribution in [-0.4, -0.2) is 34.7 Å². The molecule has 0 atom stereocenters. The van der Waals surface area contributed by atoms with Crippen LogP contribution in [0, 0.1) is 10.1 Å². The number of amides is 2. The second-order valence-electron chi connectivity index (χ2n) is 5.70. The molecule has 0 heterocycles. The van der Waals surface area contributed by atoms with E-state index in [1.807, 2.05) is 13.8 Å². The van der Waals surface area contributed by atoms with Gasteiger partial charge < -0.3 is 10.2 Å². The number of benzene rings is 2. The van der Waals surface area contributed by atoms with Gasteiger partial charge in [-0.1, -0.05) is 12.1 Å². The standard InChI is InChI=1S/C19H21N3O4/c1-3-21(4-2)19(24)15-7-9-16(10-8-15)20-18(23)13-14-5-11-17(12-6-14)22(25)26/h5-12H,3-4,13H2,1-2H3,(H,20,23). The summed E-state index contributed by atoms with van der Waals surface area (Å²) in [5, 5.41) is 13.4. The summed E-state index contributed by atoms with van der Waals surface area (Å²) in [6.07, 6.45) is 0.109. The number of nitro benzene ring substituents is 1. The molecule has 7 nitrogen and oxygen atoms in total. The first-order valence-electron chi connectivity index (χ1n) is 8.37. The maximum absolute atomic E-state index is 12.2. The summed E-state index contributed by atoms with van der Waals surface area (Å²) in [6.45, 7) is 5.13. The molecular weight excluding hydrogens is 334 g/mol. The quantitative estimate of drug-likeness (QED) is 0.609. The lowest BCUT2D eigenvalue weighted by Crippen LogP contribution is -2.30. The average molecular weight is 355 g/mol. The number of nitrogens with one attached hydrogen (secondary N) is 1. The Balaban J connectivity index is 1.96. The minimum atomic E-state index is -0.481. The van der Waals surface area contributed by atoms with Gasteiger partial charge in [-0.2, -0.15) is 0 Å².